The summed E-state index contributed by atoms with van der Waals surface area (Å²) in [6, 6.07) is 0. The maximum atomic E-state index is 8.24. The molecule has 0 atom stereocenters. The summed E-state index contributed by atoms with van der Waals surface area (Å²) in [5.74, 6) is 0. The Balaban J connectivity index is -0.0000000107. The molecule has 83 valence electrons. The molecule has 0 aliphatic carbocycles. The average Bonchev–Trinajstić information content (AvgIpc) is 1.92. The van der Waals surface area contributed by atoms with Crippen molar-refractivity contribution in [1.29, 1.82) is 0 Å². The molecule has 0 aromatic carbocycles. The Morgan fingerprint density at radius 3 is 0.643 bits per heavy atom. The first-order valence-corrected chi connectivity index (χ1v) is 1.71. The van der Waals surface area contributed by atoms with Crippen molar-refractivity contribution in [2.75, 3.05) is 0 Å². The maximum absolute atomic E-state index is 8.24. The fourth-order valence-electron chi connectivity index (χ4n) is 0. The van der Waals surface area contributed by atoms with E-state index in [-0.39, 0.29) is 69.6 Å². The largest absolute Gasteiger partial charge is 1.00 e. The molecule has 0 heterocycles. The van der Waals surface area contributed by atoms with Crippen LogP contribution < -0.4 is 51.4 Å². The second kappa shape index (κ2) is 116. The molecule has 1 radical (unpaired) electrons. The van der Waals surface area contributed by atoms with Crippen LogP contribution in [0.2, 0.25) is 0 Å². The van der Waals surface area contributed by atoms with Crippen molar-refractivity contribution in [3.05, 3.63) is 0 Å². The van der Waals surface area contributed by atoms with Crippen LogP contribution >= 0.6 is 0 Å². The van der Waals surface area contributed by atoms with E-state index in [1.54, 1.807) is 0 Å². The molecule has 0 aliphatic rings. The molecular weight excluding hydrogens is 274 g/mol. The van der Waals surface area contributed by atoms with Gasteiger partial charge in [0, 0.05) is 16.8 Å². The Hall–Kier alpha value is 0.0229. The third-order valence-electron chi connectivity index (χ3n) is 0. The predicted octanol–water partition coefficient (Wildman–Crippen LogP) is -4.44. The first-order chi connectivity index (χ1) is 5.66. The van der Waals surface area contributed by atoms with Gasteiger partial charge in [0.2, 0.25) is 0 Å². The summed E-state index contributed by atoms with van der Waals surface area (Å²) in [5, 5.41) is 27.1. The van der Waals surface area contributed by atoms with Gasteiger partial charge in [-0.3, -0.25) is 0 Å². The van der Waals surface area contributed by atoms with Gasteiger partial charge in [-0.1, -0.05) is 25.9 Å². The summed E-state index contributed by atoms with van der Waals surface area (Å²) in [7, 11) is 0. The molecule has 0 bridgehead atoms. The average molecular weight is 279 g/mol. The van der Waals surface area contributed by atoms with Crippen LogP contribution in [0.4, 0.5) is 0 Å². The topological polar surface area (TPSA) is 149 Å². The minimum absolute atomic E-state index is 0. The first-order valence-electron chi connectivity index (χ1n) is 1.71. The molecule has 0 aromatic heterocycles. The van der Waals surface area contributed by atoms with Crippen molar-refractivity contribution in [3.8, 4) is 0 Å². The molecular formula is C4H5CoKO8-4. The summed E-state index contributed by atoms with van der Waals surface area (Å²) in [6.45, 7) is 2.00. The predicted molar refractivity (Wildman–Crippen MR) is 34.4 cm³/mol. The van der Waals surface area contributed by atoms with Gasteiger partial charge >= 0.3 is 51.4 Å². The smallest absolute Gasteiger partial charge is 1.00 e. The third-order valence-corrected chi connectivity index (χ3v) is 0. The number of aliphatic hydroxyl groups excluding tert-OH is 4. The quantitative estimate of drug-likeness (QED) is 0.256. The van der Waals surface area contributed by atoms with Gasteiger partial charge in [0.15, 0.2) is 0 Å². The zero-order valence-corrected chi connectivity index (χ0v) is 10.9. The summed E-state index contributed by atoms with van der Waals surface area (Å²) < 4.78 is 0. The van der Waals surface area contributed by atoms with Gasteiger partial charge in [0.05, 0.1) is 0 Å². The van der Waals surface area contributed by atoms with Gasteiger partial charge in [-0.25, -0.2) is 0 Å². The number of rotatable bonds is 0. The van der Waals surface area contributed by atoms with Crippen molar-refractivity contribution in [2.45, 2.75) is 0 Å². The van der Waals surface area contributed by atoms with E-state index in [1.807, 2.05) is 0 Å². The van der Waals surface area contributed by atoms with E-state index in [1.165, 1.54) is 0 Å². The molecule has 0 saturated heterocycles. The van der Waals surface area contributed by atoms with Crippen LogP contribution in [0.1, 0.15) is 1.43 Å². The zero-order chi connectivity index (χ0) is 10.8. The molecule has 0 aromatic rings. The van der Waals surface area contributed by atoms with Crippen molar-refractivity contribution >= 4 is 25.9 Å². The monoisotopic (exact) mass is 279 g/mol. The number of hydrogen-bond acceptors (Lipinski definition) is 4. The molecule has 0 amide bonds. The van der Waals surface area contributed by atoms with E-state index in [4.69, 9.17) is 39.6 Å². The molecule has 0 saturated carbocycles. The molecule has 4 N–H and O–H groups in total. The molecule has 0 fully saturated rings. The van der Waals surface area contributed by atoms with Gasteiger partial charge in [-0.2, -0.15) is 0 Å². The number of hydrogen-bond donors (Lipinski definition) is 4. The molecule has 8 nitrogen and oxygen atoms in total. The van der Waals surface area contributed by atoms with Gasteiger partial charge in [-0.05, 0) is 0 Å². The second-order valence-corrected chi connectivity index (χ2v) is 0.365. The van der Waals surface area contributed by atoms with Crippen LogP contribution in [0.15, 0.2) is 0 Å². The Morgan fingerprint density at radius 2 is 0.643 bits per heavy atom. The summed E-state index contributed by atoms with van der Waals surface area (Å²) >= 11 is 0. The zero-order valence-electron chi connectivity index (χ0n) is 7.76. The molecule has 0 rings (SSSR count). The molecule has 0 spiro atoms. The van der Waals surface area contributed by atoms with Gasteiger partial charge in [-0.15, -0.1) is 0 Å². The Kier molecular flexibility index (Phi) is 307. The molecule has 10 heteroatoms. The Morgan fingerprint density at radius 1 is 0.643 bits per heavy atom. The second-order valence-electron chi connectivity index (χ2n) is 0.365. The van der Waals surface area contributed by atoms with Crippen LogP contribution in [0.25, 0.3) is 0 Å². The maximum Gasteiger partial charge on any atom is 1.00 e. The van der Waals surface area contributed by atoms with Crippen LogP contribution in [-0.2, 0) is 36.0 Å². The fraction of sp³-hybridized carbons (Fsp3) is 0. The van der Waals surface area contributed by atoms with Crippen molar-refractivity contribution in [2.24, 2.45) is 0 Å². The van der Waals surface area contributed by atoms with E-state index < -0.39 is 0 Å². The van der Waals surface area contributed by atoms with E-state index in [0.29, 0.717) is 25.9 Å². The Labute approximate surface area is 133 Å². The normalized spacial score (nSPS) is 3.43. The summed E-state index contributed by atoms with van der Waals surface area (Å²) in [4.78, 5) is 32.9. The van der Waals surface area contributed by atoms with Gasteiger partial charge in [0.1, 0.15) is 0 Å². The SMILES string of the molecule is O=[C-]O.O=[C-]O.O=[C-]O.O=[C-]O.[Co].[H-].[K+]. The standard InChI is InChI=1S/4CHO2.Co.K.H/c4*2-1-3;;;/h4*(H,2,3);;;/q4*-1;;+1;-1. The third kappa shape index (κ3) is 2800000. The molecule has 0 aliphatic heterocycles. The van der Waals surface area contributed by atoms with Gasteiger partial charge < -0.3 is 41.0 Å². The van der Waals surface area contributed by atoms with Crippen molar-refractivity contribution < 1.29 is 109 Å². The van der Waals surface area contributed by atoms with E-state index in [9.17, 15) is 0 Å². The molecule has 14 heavy (non-hydrogen) atoms. The minimum Gasteiger partial charge on any atom is -1.00 e. The summed E-state index contributed by atoms with van der Waals surface area (Å²) in [6.07, 6.45) is 0. The summed E-state index contributed by atoms with van der Waals surface area (Å²) in [5.41, 5.74) is 0. The van der Waals surface area contributed by atoms with E-state index >= 15 is 0 Å². The van der Waals surface area contributed by atoms with E-state index in [2.05, 4.69) is 0 Å². The van der Waals surface area contributed by atoms with Crippen LogP contribution in [0, 0.1) is 0 Å². The van der Waals surface area contributed by atoms with Crippen molar-refractivity contribution in [1.82, 2.24) is 0 Å². The minimum atomic E-state index is 0. The first kappa shape index (κ1) is 36.9. The Bertz CT molecular complexity index is 80.6. The van der Waals surface area contributed by atoms with Crippen LogP contribution in [-0.4, -0.2) is 46.3 Å². The van der Waals surface area contributed by atoms with E-state index in [0.717, 1.165) is 0 Å². The molecule has 0 unspecified atom stereocenters. The van der Waals surface area contributed by atoms with Crippen molar-refractivity contribution in [3.63, 3.8) is 0 Å². The van der Waals surface area contributed by atoms with Gasteiger partial charge in [0.25, 0.3) is 0 Å². The van der Waals surface area contributed by atoms with Crippen LogP contribution in [0.3, 0.4) is 0 Å². The fourth-order valence-corrected chi connectivity index (χ4v) is 0. The van der Waals surface area contributed by atoms with Crippen LogP contribution in [0.5, 0.6) is 0 Å².